The van der Waals surface area contributed by atoms with Crippen molar-refractivity contribution in [1.29, 1.82) is 0 Å². The Bertz CT molecular complexity index is 1180. The molecular weight excluding hydrogens is 516 g/mol. The minimum absolute atomic E-state index is 0.00219. The highest BCUT2D eigenvalue weighted by atomic mass is 32.2. The first-order chi connectivity index (χ1) is 16.7. The van der Waals surface area contributed by atoms with Gasteiger partial charge in [-0.05, 0) is 35.1 Å². The Kier molecular flexibility index (Phi) is 13.6. The number of nitrogens with one attached hydrogen (secondary N) is 1. The number of rotatable bonds is 7. The average molecular weight is 557 g/mol. The SMILES string of the molecule is CC(C)(C)CS(=O)(=O)CC(=O)Nc1ccccc1.CC(C)(C)CS(=O)(=O)CC(=O)O.Nc1ccccc1. The molecule has 0 fully saturated rings. The Morgan fingerprint density at radius 1 is 0.730 bits per heavy atom. The predicted molar refractivity (Wildman–Crippen MR) is 150 cm³/mol. The topological polar surface area (TPSA) is 161 Å². The van der Waals surface area contributed by atoms with Crippen LogP contribution in [-0.2, 0) is 29.3 Å². The van der Waals surface area contributed by atoms with E-state index < -0.39 is 43.1 Å². The van der Waals surface area contributed by atoms with Crippen LogP contribution in [-0.4, -0.2) is 56.8 Å². The summed E-state index contributed by atoms with van der Waals surface area (Å²) in [4.78, 5) is 21.7. The van der Waals surface area contributed by atoms with Crippen molar-refractivity contribution < 1.29 is 31.5 Å². The van der Waals surface area contributed by atoms with Crippen molar-refractivity contribution in [2.24, 2.45) is 10.8 Å². The third-order valence-corrected chi connectivity index (χ3v) is 7.86. The summed E-state index contributed by atoms with van der Waals surface area (Å²) < 4.78 is 45.7. The lowest BCUT2D eigenvalue weighted by atomic mass is 10.0. The van der Waals surface area contributed by atoms with Crippen molar-refractivity contribution in [2.75, 3.05) is 34.1 Å². The van der Waals surface area contributed by atoms with E-state index in [0.29, 0.717) is 5.69 Å². The van der Waals surface area contributed by atoms with Crippen LogP contribution in [0.25, 0.3) is 0 Å². The number of anilines is 2. The zero-order valence-electron chi connectivity index (χ0n) is 22.4. The maximum absolute atomic E-state index is 11.8. The minimum atomic E-state index is -3.44. The Balaban J connectivity index is 0.000000583. The van der Waals surface area contributed by atoms with Crippen LogP contribution in [0.15, 0.2) is 60.7 Å². The molecular formula is C26H40N2O7S2. The largest absolute Gasteiger partial charge is 0.480 e. The van der Waals surface area contributed by atoms with Gasteiger partial charge in [-0.2, -0.15) is 0 Å². The van der Waals surface area contributed by atoms with Crippen LogP contribution >= 0.6 is 0 Å². The van der Waals surface area contributed by atoms with Crippen LogP contribution in [0.2, 0.25) is 0 Å². The van der Waals surface area contributed by atoms with E-state index in [9.17, 15) is 26.4 Å². The van der Waals surface area contributed by atoms with Gasteiger partial charge in [0.2, 0.25) is 5.91 Å². The van der Waals surface area contributed by atoms with Crippen molar-refractivity contribution in [3.05, 3.63) is 60.7 Å². The van der Waals surface area contributed by atoms with Crippen LogP contribution in [0.4, 0.5) is 11.4 Å². The van der Waals surface area contributed by atoms with Gasteiger partial charge in [-0.3, -0.25) is 9.59 Å². The maximum atomic E-state index is 11.8. The molecule has 0 spiro atoms. The minimum Gasteiger partial charge on any atom is -0.480 e. The van der Waals surface area contributed by atoms with E-state index in [1.54, 1.807) is 45.0 Å². The van der Waals surface area contributed by atoms with Gasteiger partial charge in [0, 0.05) is 11.4 Å². The van der Waals surface area contributed by atoms with Gasteiger partial charge >= 0.3 is 5.97 Å². The van der Waals surface area contributed by atoms with Gasteiger partial charge < -0.3 is 16.2 Å². The van der Waals surface area contributed by atoms with Gasteiger partial charge in [-0.25, -0.2) is 16.8 Å². The summed E-state index contributed by atoms with van der Waals surface area (Å²) in [6.07, 6.45) is 0. The third kappa shape index (κ3) is 20.9. The van der Waals surface area contributed by atoms with Crippen molar-refractivity contribution in [3.8, 4) is 0 Å². The highest BCUT2D eigenvalue weighted by Crippen LogP contribution is 2.17. The highest BCUT2D eigenvalue weighted by molar-refractivity contribution is 7.92. The summed E-state index contributed by atoms with van der Waals surface area (Å²) in [6, 6.07) is 18.3. The van der Waals surface area contributed by atoms with Crippen molar-refractivity contribution >= 4 is 42.9 Å². The number of sulfone groups is 2. The Morgan fingerprint density at radius 3 is 1.43 bits per heavy atom. The average Bonchev–Trinajstić information content (AvgIpc) is 2.64. The van der Waals surface area contributed by atoms with E-state index in [4.69, 9.17) is 10.8 Å². The fourth-order valence-electron chi connectivity index (χ4n) is 2.98. The molecule has 9 nitrogen and oxygen atoms in total. The number of carboxylic acid groups (broad SMARTS) is 1. The molecule has 0 saturated carbocycles. The summed E-state index contributed by atoms with van der Waals surface area (Å²) in [5.74, 6) is -3.12. The van der Waals surface area contributed by atoms with E-state index in [-0.39, 0.29) is 22.3 Å². The lowest BCUT2D eigenvalue weighted by Gasteiger charge is -2.17. The second kappa shape index (κ2) is 14.7. The van der Waals surface area contributed by atoms with Crippen LogP contribution in [0, 0.1) is 10.8 Å². The van der Waals surface area contributed by atoms with E-state index in [2.05, 4.69) is 5.32 Å². The number of carbonyl (C=O) groups is 2. The number of para-hydroxylation sites is 2. The van der Waals surface area contributed by atoms with Crippen LogP contribution in [0.5, 0.6) is 0 Å². The second-order valence-corrected chi connectivity index (χ2v) is 15.0. The summed E-state index contributed by atoms with van der Waals surface area (Å²) in [7, 11) is -6.81. The Labute approximate surface area is 221 Å². The number of benzene rings is 2. The lowest BCUT2D eigenvalue weighted by Crippen LogP contribution is -2.29. The molecule has 2 rings (SSSR count). The highest BCUT2D eigenvalue weighted by Gasteiger charge is 2.25. The number of amides is 1. The first kappa shape index (κ1) is 34.1. The number of aliphatic carboxylic acids is 1. The smallest absolute Gasteiger partial charge is 0.318 e. The number of hydrogen-bond acceptors (Lipinski definition) is 7. The molecule has 1 amide bonds. The molecule has 0 aliphatic rings. The van der Waals surface area contributed by atoms with Gasteiger partial charge in [-0.15, -0.1) is 0 Å². The summed E-state index contributed by atoms with van der Waals surface area (Å²) in [6.45, 7) is 10.8. The molecule has 4 N–H and O–H groups in total. The van der Waals surface area contributed by atoms with E-state index in [1.165, 1.54) is 0 Å². The fourth-order valence-corrected chi connectivity index (χ4v) is 6.67. The van der Waals surface area contributed by atoms with Gasteiger partial charge in [0.1, 0.15) is 11.5 Å². The zero-order chi connectivity index (χ0) is 28.9. The van der Waals surface area contributed by atoms with E-state index in [0.717, 1.165) is 5.69 Å². The predicted octanol–water partition coefficient (Wildman–Crippen LogP) is 3.89. The second-order valence-electron chi connectivity index (χ2n) is 10.9. The normalized spacial score (nSPS) is 11.7. The molecule has 0 radical (unpaired) electrons. The van der Waals surface area contributed by atoms with Crippen LogP contribution in [0.3, 0.4) is 0 Å². The summed E-state index contributed by atoms with van der Waals surface area (Å²) in [5.41, 5.74) is 6.06. The zero-order valence-corrected chi connectivity index (χ0v) is 24.0. The molecule has 0 bridgehead atoms. The molecule has 0 heterocycles. The molecule has 37 heavy (non-hydrogen) atoms. The first-order valence-electron chi connectivity index (χ1n) is 11.5. The number of nitrogens with two attached hydrogens (primary N) is 1. The third-order valence-electron chi connectivity index (χ3n) is 3.86. The van der Waals surface area contributed by atoms with Crippen molar-refractivity contribution in [1.82, 2.24) is 0 Å². The van der Waals surface area contributed by atoms with Gasteiger partial charge in [0.05, 0.1) is 11.5 Å². The number of nitrogen functional groups attached to an aromatic ring is 1. The molecule has 0 aliphatic heterocycles. The standard InChI is InChI=1S/C13H19NO3S.C7H14O4S.C6H7N/c1-13(2,3)10-18(16,17)9-12(15)14-11-7-5-4-6-8-11;1-7(2,3)5-12(10,11)4-6(8)9;7-6-4-2-1-3-5-6/h4-8H,9-10H2,1-3H3,(H,14,15);4-5H2,1-3H3,(H,8,9);1-5H,7H2. The Morgan fingerprint density at radius 2 is 1.11 bits per heavy atom. The molecule has 11 heteroatoms. The van der Waals surface area contributed by atoms with Crippen molar-refractivity contribution in [2.45, 2.75) is 41.5 Å². The van der Waals surface area contributed by atoms with Gasteiger partial charge in [0.25, 0.3) is 0 Å². The molecule has 0 atom stereocenters. The quantitative estimate of drug-likeness (QED) is 0.433. The molecule has 0 unspecified atom stereocenters. The summed E-state index contributed by atoms with van der Waals surface area (Å²) >= 11 is 0. The molecule has 2 aromatic carbocycles. The monoisotopic (exact) mass is 556 g/mol. The molecule has 0 aromatic heterocycles. The maximum Gasteiger partial charge on any atom is 0.318 e. The summed E-state index contributed by atoms with van der Waals surface area (Å²) in [5, 5.41) is 10.8. The van der Waals surface area contributed by atoms with Crippen molar-refractivity contribution in [3.63, 3.8) is 0 Å². The van der Waals surface area contributed by atoms with Gasteiger partial charge in [0.15, 0.2) is 19.7 Å². The van der Waals surface area contributed by atoms with Crippen LogP contribution < -0.4 is 11.1 Å². The number of hydrogen-bond donors (Lipinski definition) is 3. The molecule has 208 valence electrons. The fraction of sp³-hybridized carbons (Fsp3) is 0.462. The van der Waals surface area contributed by atoms with E-state index in [1.807, 2.05) is 57.2 Å². The van der Waals surface area contributed by atoms with Gasteiger partial charge in [-0.1, -0.05) is 77.9 Å². The number of carboxylic acids is 1. The van der Waals surface area contributed by atoms with Crippen LogP contribution in [0.1, 0.15) is 41.5 Å². The molecule has 2 aromatic rings. The lowest BCUT2D eigenvalue weighted by molar-refractivity contribution is -0.134. The van der Waals surface area contributed by atoms with E-state index >= 15 is 0 Å². The molecule has 0 aliphatic carbocycles. The Hall–Kier alpha value is -2.92. The number of carbonyl (C=O) groups excluding carboxylic acids is 1. The first-order valence-corrected chi connectivity index (χ1v) is 15.1. The molecule has 0 saturated heterocycles.